The van der Waals surface area contributed by atoms with Crippen LogP contribution >= 0.6 is 0 Å². The number of H-pyrrole nitrogens is 1. The first-order chi connectivity index (χ1) is 16.6. The summed E-state index contributed by atoms with van der Waals surface area (Å²) in [7, 11) is -7.29. The summed E-state index contributed by atoms with van der Waals surface area (Å²) < 4.78 is 55.6. The van der Waals surface area contributed by atoms with Gasteiger partial charge in [-0.25, -0.2) is 21.8 Å². The molecule has 186 valence electrons. The Morgan fingerprint density at radius 3 is 2.14 bits per heavy atom. The molecule has 2 aromatic carbocycles. The van der Waals surface area contributed by atoms with Gasteiger partial charge in [0, 0.05) is 12.6 Å². The van der Waals surface area contributed by atoms with E-state index in [0.29, 0.717) is 43.3 Å². The molecule has 10 heteroatoms. The van der Waals surface area contributed by atoms with Crippen LogP contribution in [0.2, 0.25) is 0 Å². The Morgan fingerprint density at radius 2 is 1.57 bits per heavy atom. The van der Waals surface area contributed by atoms with Gasteiger partial charge in [0.25, 0.3) is 15.8 Å². The third-order valence-electron chi connectivity index (χ3n) is 6.21. The van der Waals surface area contributed by atoms with Crippen LogP contribution in [0.1, 0.15) is 18.1 Å². The Morgan fingerprint density at radius 1 is 0.886 bits per heavy atom. The van der Waals surface area contributed by atoms with Gasteiger partial charge in [0.1, 0.15) is 11.1 Å². The van der Waals surface area contributed by atoms with E-state index in [-0.39, 0.29) is 4.90 Å². The quantitative estimate of drug-likeness (QED) is 0.483. The molecule has 0 saturated carbocycles. The topological polar surface area (TPSA) is 92.1 Å². The normalized spacial score (nSPS) is 15.2. The van der Waals surface area contributed by atoms with Gasteiger partial charge in [0.05, 0.1) is 36.8 Å². The van der Waals surface area contributed by atoms with Crippen LogP contribution in [-0.4, -0.2) is 53.9 Å². The zero-order chi connectivity index (χ0) is 25.2. The highest BCUT2D eigenvalue weighted by Gasteiger charge is 2.33. The Bertz CT molecular complexity index is 1390. The van der Waals surface area contributed by atoms with Gasteiger partial charge < -0.3 is 0 Å². The maximum atomic E-state index is 13.2. The lowest BCUT2D eigenvalue weighted by atomic mass is 10.2. The molecule has 1 saturated heterocycles. The second-order valence-electron chi connectivity index (χ2n) is 8.58. The maximum Gasteiger partial charge on any atom is 0.274 e. The number of anilines is 2. The predicted molar refractivity (Wildman–Crippen MR) is 137 cm³/mol. The molecular weight excluding hydrogens is 484 g/mol. The number of aromatic nitrogens is 1. The SMILES string of the molecule is CCN(c1ccccc1)S(=O)(=O)c1ccc(N2CCN(S(=O)(=O)c3ccc(C)cc3C)CC2)[nH+]c1. The van der Waals surface area contributed by atoms with E-state index in [9.17, 15) is 16.8 Å². The van der Waals surface area contributed by atoms with Gasteiger partial charge in [0.2, 0.25) is 10.0 Å². The number of benzene rings is 2. The summed E-state index contributed by atoms with van der Waals surface area (Å²) in [6.07, 6.45) is 1.50. The van der Waals surface area contributed by atoms with Crippen molar-refractivity contribution in [3.63, 3.8) is 0 Å². The molecule has 4 rings (SSSR count). The van der Waals surface area contributed by atoms with E-state index in [1.165, 1.54) is 14.8 Å². The van der Waals surface area contributed by atoms with Crippen LogP contribution in [0.15, 0.2) is 76.7 Å². The first-order valence-electron chi connectivity index (χ1n) is 11.6. The van der Waals surface area contributed by atoms with Gasteiger partial charge in [0.15, 0.2) is 0 Å². The second kappa shape index (κ2) is 9.96. The van der Waals surface area contributed by atoms with Crippen LogP contribution in [0, 0.1) is 13.8 Å². The highest BCUT2D eigenvalue weighted by atomic mass is 32.2. The largest absolute Gasteiger partial charge is 0.274 e. The lowest BCUT2D eigenvalue weighted by molar-refractivity contribution is -0.367. The number of aromatic amines is 1. The molecule has 3 aromatic rings. The third-order valence-corrected chi connectivity index (χ3v) is 10.2. The molecule has 1 N–H and O–H groups in total. The molecule has 1 aromatic heterocycles. The standard InChI is InChI=1S/C25H30N4O4S2/c1-4-29(22-8-6-5-7-9-22)34(30,31)23-11-13-25(26-19-23)27-14-16-28(17-15-27)35(32,33)24-12-10-20(2)18-21(24)3/h5-13,18-19H,4,14-17H2,1-3H3/p+1. The average Bonchev–Trinajstić information content (AvgIpc) is 2.85. The maximum absolute atomic E-state index is 13.2. The summed E-state index contributed by atoms with van der Waals surface area (Å²) in [5.74, 6) is 0.746. The summed E-state index contributed by atoms with van der Waals surface area (Å²) in [6.45, 7) is 7.56. The van der Waals surface area contributed by atoms with E-state index >= 15 is 0 Å². The fraction of sp³-hybridized carbons (Fsp3) is 0.320. The molecule has 1 aliphatic rings. The van der Waals surface area contributed by atoms with Gasteiger partial charge in [-0.05, 0) is 50.6 Å². The first kappa shape index (κ1) is 25.2. The lowest BCUT2D eigenvalue weighted by Gasteiger charge is -2.30. The van der Waals surface area contributed by atoms with Gasteiger partial charge in [-0.15, -0.1) is 0 Å². The Labute approximate surface area is 207 Å². The number of pyridine rings is 1. The molecule has 0 aliphatic carbocycles. The number of nitrogens with one attached hydrogen (secondary N) is 1. The second-order valence-corrected chi connectivity index (χ2v) is 12.3. The zero-order valence-electron chi connectivity index (χ0n) is 20.2. The number of piperazine rings is 1. The summed E-state index contributed by atoms with van der Waals surface area (Å²) in [5, 5.41) is 0. The van der Waals surface area contributed by atoms with Crippen LogP contribution in [0.5, 0.6) is 0 Å². The summed E-state index contributed by atoms with van der Waals surface area (Å²) in [4.78, 5) is 5.64. The van der Waals surface area contributed by atoms with Crippen molar-refractivity contribution in [3.05, 3.63) is 78.0 Å². The molecule has 8 nitrogen and oxygen atoms in total. The van der Waals surface area contributed by atoms with Crippen molar-refractivity contribution in [1.82, 2.24) is 4.31 Å². The van der Waals surface area contributed by atoms with Crippen molar-refractivity contribution in [2.75, 3.05) is 41.9 Å². The molecule has 35 heavy (non-hydrogen) atoms. The number of rotatable bonds is 7. The Kier molecular flexibility index (Phi) is 7.16. The van der Waals surface area contributed by atoms with E-state index in [4.69, 9.17) is 0 Å². The summed E-state index contributed by atoms with van der Waals surface area (Å²) in [5.41, 5.74) is 2.38. The molecular formula is C25H31N4O4S2+. The van der Waals surface area contributed by atoms with Gasteiger partial charge in [-0.2, -0.15) is 4.31 Å². The van der Waals surface area contributed by atoms with E-state index in [2.05, 4.69) is 4.98 Å². The minimum atomic E-state index is -3.72. The molecule has 1 fully saturated rings. The monoisotopic (exact) mass is 515 g/mol. The van der Waals surface area contributed by atoms with Crippen molar-refractivity contribution in [2.24, 2.45) is 0 Å². The fourth-order valence-corrected chi connectivity index (χ4v) is 7.44. The fourth-order valence-electron chi connectivity index (χ4n) is 4.37. The molecule has 0 radical (unpaired) electrons. The van der Waals surface area contributed by atoms with E-state index in [0.717, 1.165) is 16.9 Å². The average molecular weight is 516 g/mol. The Balaban J connectivity index is 1.47. The zero-order valence-corrected chi connectivity index (χ0v) is 21.8. The summed E-state index contributed by atoms with van der Waals surface area (Å²) >= 11 is 0. The van der Waals surface area contributed by atoms with Crippen LogP contribution < -0.4 is 14.2 Å². The van der Waals surface area contributed by atoms with Gasteiger partial charge >= 0.3 is 0 Å². The van der Waals surface area contributed by atoms with Crippen molar-refractivity contribution < 1.29 is 21.8 Å². The Hall–Kier alpha value is -2.95. The van der Waals surface area contributed by atoms with Crippen LogP contribution in [0.4, 0.5) is 11.5 Å². The summed E-state index contributed by atoms with van der Waals surface area (Å²) in [6, 6.07) is 17.7. The van der Waals surface area contributed by atoms with Gasteiger partial charge in [-0.3, -0.25) is 9.21 Å². The van der Waals surface area contributed by atoms with E-state index in [1.54, 1.807) is 37.3 Å². The van der Waals surface area contributed by atoms with Crippen LogP contribution in [0.3, 0.4) is 0 Å². The molecule has 2 heterocycles. The number of hydrogen-bond donors (Lipinski definition) is 0. The van der Waals surface area contributed by atoms with E-state index in [1.807, 2.05) is 49.1 Å². The molecule has 0 bridgehead atoms. The van der Waals surface area contributed by atoms with E-state index < -0.39 is 20.0 Å². The molecule has 0 atom stereocenters. The highest BCUT2D eigenvalue weighted by Crippen LogP contribution is 2.25. The van der Waals surface area contributed by atoms with Crippen LogP contribution in [0.25, 0.3) is 0 Å². The van der Waals surface area contributed by atoms with Crippen LogP contribution in [-0.2, 0) is 20.0 Å². The lowest BCUT2D eigenvalue weighted by Crippen LogP contribution is -2.50. The smallest absolute Gasteiger partial charge is 0.267 e. The van der Waals surface area contributed by atoms with Crippen molar-refractivity contribution in [3.8, 4) is 0 Å². The number of aryl methyl sites for hydroxylation is 2. The molecule has 0 amide bonds. The van der Waals surface area contributed by atoms with Crippen molar-refractivity contribution in [2.45, 2.75) is 30.6 Å². The number of sulfonamides is 2. The number of hydrogen-bond acceptors (Lipinski definition) is 5. The number of nitrogens with zero attached hydrogens (tertiary/aromatic N) is 3. The first-order valence-corrected chi connectivity index (χ1v) is 14.4. The molecule has 0 spiro atoms. The minimum Gasteiger partial charge on any atom is -0.267 e. The highest BCUT2D eigenvalue weighted by molar-refractivity contribution is 7.92. The minimum absolute atomic E-state index is 0.169. The van der Waals surface area contributed by atoms with Gasteiger partial charge in [-0.1, -0.05) is 35.9 Å². The predicted octanol–water partition coefficient (Wildman–Crippen LogP) is 2.84. The van der Waals surface area contributed by atoms with Crippen molar-refractivity contribution in [1.29, 1.82) is 0 Å². The number of para-hydroxylation sites is 1. The molecule has 0 unspecified atom stereocenters. The molecule has 1 aliphatic heterocycles. The third kappa shape index (κ3) is 5.05. The van der Waals surface area contributed by atoms with Crippen molar-refractivity contribution >= 4 is 31.6 Å².